The molecule has 29 heavy (non-hydrogen) atoms. The minimum absolute atomic E-state index is 0.0153. The standard InChI is InChI=1S/C22H22ClN3O3/c1-14-3-10-19(15(2)11-14)28-13-21(27)26(18-8-9-18)12-20-24-25-22(29-20)16-4-6-17(23)7-5-16/h3-7,10-11,18H,8-9,12-13H2,1-2H3. The molecule has 3 aromatic rings. The molecule has 7 heteroatoms. The van der Waals surface area contributed by atoms with Crippen LogP contribution in [-0.2, 0) is 11.3 Å². The number of rotatable bonds is 7. The van der Waals surface area contributed by atoms with Crippen LogP contribution < -0.4 is 4.74 Å². The summed E-state index contributed by atoms with van der Waals surface area (Å²) in [5, 5.41) is 8.84. The maximum Gasteiger partial charge on any atom is 0.261 e. The van der Waals surface area contributed by atoms with Gasteiger partial charge < -0.3 is 14.1 Å². The highest BCUT2D eigenvalue weighted by Gasteiger charge is 2.34. The zero-order valence-corrected chi connectivity index (χ0v) is 17.1. The summed E-state index contributed by atoms with van der Waals surface area (Å²) in [5.74, 6) is 1.45. The first-order chi connectivity index (χ1) is 14.0. The first-order valence-electron chi connectivity index (χ1n) is 9.57. The lowest BCUT2D eigenvalue weighted by Gasteiger charge is -2.21. The first-order valence-corrected chi connectivity index (χ1v) is 9.95. The predicted octanol–water partition coefficient (Wildman–Crippen LogP) is 4.58. The molecule has 1 fully saturated rings. The van der Waals surface area contributed by atoms with Crippen LogP contribution in [0.1, 0.15) is 29.9 Å². The monoisotopic (exact) mass is 411 g/mol. The lowest BCUT2D eigenvalue weighted by Crippen LogP contribution is -2.36. The first kappa shape index (κ1) is 19.5. The van der Waals surface area contributed by atoms with E-state index in [0.717, 1.165) is 35.3 Å². The van der Waals surface area contributed by atoms with E-state index in [0.29, 0.717) is 16.8 Å². The van der Waals surface area contributed by atoms with Gasteiger partial charge >= 0.3 is 0 Å². The summed E-state index contributed by atoms with van der Waals surface area (Å²) in [5.41, 5.74) is 2.96. The van der Waals surface area contributed by atoms with Crippen molar-refractivity contribution in [1.82, 2.24) is 15.1 Å². The summed E-state index contributed by atoms with van der Waals surface area (Å²) in [7, 11) is 0. The number of halogens is 1. The second kappa shape index (κ2) is 8.25. The zero-order chi connectivity index (χ0) is 20.4. The zero-order valence-electron chi connectivity index (χ0n) is 16.4. The molecule has 6 nitrogen and oxygen atoms in total. The van der Waals surface area contributed by atoms with Crippen molar-refractivity contribution in [1.29, 1.82) is 0 Å². The van der Waals surface area contributed by atoms with E-state index in [2.05, 4.69) is 10.2 Å². The van der Waals surface area contributed by atoms with Crippen LogP contribution in [0.2, 0.25) is 5.02 Å². The molecule has 0 unspecified atom stereocenters. The second-order valence-electron chi connectivity index (χ2n) is 7.32. The van der Waals surface area contributed by atoms with Gasteiger partial charge in [0.1, 0.15) is 5.75 Å². The lowest BCUT2D eigenvalue weighted by atomic mass is 10.1. The highest BCUT2D eigenvalue weighted by Crippen LogP contribution is 2.29. The number of amides is 1. The molecule has 1 aliphatic carbocycles. The molecule has 1 amide bonds. The quantitative estimate of drug-likeness (QED) is 0.569. The number of nitrogens with zero attached hydrogens (tertiary/aromatic N) is 3. The number of benzene rings is 2. The molecule has 1 saturated carbocycles. The smallest absolute Gasteiger partial charge is 0.261 e. The van der Waals surface area contributed by atoms with Crippen LogP contribution in [0, 0.1) is 13.8 Å². The maximum absolute atomic E-state index is 12.8. The molecule has 150 valence electrons. The van der Waals surface area contributed by atoms with Crippen LogP contribution in [0.3, 0.4) is 0 Å². The Hall–Kier alpha value is -2.86. The Kier molecular flexibility index (Phi) is 5.53. The largest absolute Gasteiger partial charge is 0.483 e. The molecule has 0 spiro atoms. The van der Waals surface area contributed by atoms with E-state index in [1.807, 2.05) is 44.2 Å². The molecule has 1 heterocycles. The fourth-order valence-electron chi connectivity index (χ4n) is 3.16. The average molecular weight is 412 g/mol. The molecule has 0 saturated heterocycles. The van der Waals surface area contributed by atoms with Crippen LogP contribution in [0.25, 0.3) is 11.5 Å². The van der Waals surface area contributed by atoms with Gasteiger partial charge in [-0.25, -0.2) is 0 Å². The van der Waals surface area contributed by atoms with Gasteiger partial charge in [0, 0.05) is 16.6 Å². The molecule has 0 atom stereocenters. The maximum atomic E-state index is 12.8. The number of aryl methyl sites for hydroxylation is 2. The third-order valence-electron chi connectivity index (χ3n) is 4.85. The highest BCUT2D eigenvalue weighted by atomic mass is 35.5. The lowest BCUT2D eigenvalue weighted by molar-refractivity contribution is -0.134. The Morgan fingerprint density at radius 3 is 2.62 bits per heavy atom. The van der Waals surface area contributed by atoms with Crippen molar-refractivity contribution in [3.8, 4) is 17.2 Å². The Balaban J connectivity index is 1.41. The fraction of sp³-hybridized carbons (Fsp3) is 0.318. The molecule has 0 bridgehead atoms. The molecule has 0 aliphatic heterocycles. The van der Waals surface area contributed by atoms with Gasteiger partial charge in [-0.3, -0.25) is 4.79 Å². The second-order valence-corrected chi connectivity index (χ2v) is 7.75. The van der Waals surface area contributed by atoms with Crippen LogP contribution in [-0.4, -0.2) is 33.7 Å². The summed E-state index contributed by atoms with van der Waals surface area (Å²) in [6, 6.07) is 13.3. The molecule has 1 aliphatic rings. The molecule has 0 radical (unpaired) electrons. The van der Waals surface area contributed by atoms with Crippen molar-refractivity contribution in [3.05, 3.63) is 64.5 Å². The number of carbonyl (C=O) groups excluding carboxylic acids is 1. The highest BCUT2D eigenvalue weighted by molar-refractivity contribution is 6.30. The van der Waals surface area contributed by atoms with Gasteiger partial charge in [-0.1, -0.05) is 29.3 Å². The Bertz CT molecular complexity index is 1010. The van der Waals surface area contributed by atoms with Crippen LogP contribution >= 0.6 is 11.6 Å². The number of aromatic nitrogens is 2. The van der Waals surface area contributed by atoms with Gasteiger partial charge in [0.15, 0.2) is 6.61 Å². The third-order valence-corrected chi connectivity index (χ3v) is 5.11. The van der Waals surface area contributed by atoms with Crippen molar-refractivity contribution >= 4 is 17.5 Å². The van der Waals surface area contributed by atoms with E-state index >= 15 is 0 Å². The van der Waals surface area contributed by atoms with Crippen LogP contribution in [0.5, 0.6) is 5.75 Å². The Morgan fingerprint density at radius 2 is 1.93 bits per heavy atom. The Morgan fingerprint density at radius 1 is 1.17 bits per heavy atom. The van der Waals surface area contributed by atoms with E-state index in [4.69, 9.17) is 20.8 Å². The van der Waals surface area contributed by atoms with Gasteiger partial charge in [-0.2, -0.15) is 0 Å². The number of hydrogen-bond acceptors (Lipinski definition) is 5. The molecule has 1 aromatic heterocycles. The minimum atomic E-state index is -0.0845. The van der Waals surface area contributed by atoms with Gasteiger partial charge in [-0.15, -0.1) is 10.2 Å². The third kappa shape index (κ3) is 4.77. The summed E-state index contributed by atoms with van der Waals surface area (Å²) < 4.78 is 11.5. The van der Waals surface area contributed by atoms with Crippen molar-refractivity contribution in [2.24, 2.45) is 0 Å². The van der Waals surface area contributed by atoms with Gasteiger partial charge in [0.05, 0.1) is 6.54 Å². The van der Waals surface area contributed by atoms with Crippen molar-refractivity contribution in [2.45, 2.75) is 39.3 Å². The normalized spacial score (nSPS) is 13.3. The number of hydrogen-bond donors (Lipinski definition) is 0. The van der Waals surface area contributed by atoms with E-state index in [1.54, 1.807) is 17.0 Å². The van der Waals surface area contributed by atoms with Gasteiger partial charge in [0.2, 0.25) is 11.8 Å². The summed E-state index contributed by atoms with van der Waals surface area (Å²) in [4.78, 5) is 14.6. The van der Waals surface area contributed by atoms with Crippen LogP contribution in [0.15, 0.2) is 46.9 Å². The van der Waals surface area contributed by atoms with Crippen molar-refractivity contribution in [2.75, 3.05) is 6.61 Å². The van der Waals surface area contributed by atoms with Gasteiger partial charge in [-0.05, 0) is 62.6 Å². The van der Waals surface area contributed by atoms with E-state index in [-0.39, 0.29) is 25.1 Å². The van der Waals surface area contributed by atoms with Crippen molar-refractivity contribution < 1.29 is 13.9 Å². The number of carbonyl (C=O) groups is 1. The SMILES string of the molecule is Cc1ccc(OCC(=O)N(Cc2nnc(-c3ccc(Cl)cc3)o2)C2CC2)c(C)c1. The van der Waals surface area contributed by atoms with Gasteiger partial charge in [0.25, 0.3) is 5.91 Å². The average Bonchev–Trinajstić information content (AvgIpc) is 3.43. The van der Waals surface area contributed by atoms with E-state index < -0.39 is 0 Å². The summed E-state index contributed by atoms with van der Waals surface area (Å²) >= 11 is 5.92. The minimum Gasteiger partial charge on any atom is -0.483 e. The van der Waals surface area contributed by atoms with E-state index in [9.17, 15) is 4.79 Å². The molecular formula is C22H22ClN3O3. The summed E-state index contributed by atoms with van der Waals surface area (Å²) in [6.45, 7) is 4.26. The Labute approximate surface area is 174 Å². The topological polar surface area (TPSA) is 68.5 Å². The fourth-order valence-corrected chi connectivity index (χ4v) is 3.29. The molecular weight excluding hydrogens is 390 g/mol. The molecule has 0 N–H and O–H groups in total. The predicted molar refractivity (Wildman–Crippen MR) is 110 cm³/mol. The number of ether oxygens (including phenoxy) is 1. The van der Waals surface area contributed by atoms with Crippen molar-refractivity contribution in [3.63, 3.8) is 0 Å². The summed E-state index contributed by atoms with van der Waals surface area (Å²) in [6.07, 6.45) is 1.96. The van der Waals surface area contributed by atoms with Crippen LogP contribution in [0.4, 0.5) is 0 Å². The van der Waals surface area contributed by atoms with E-state index in [1.165, 1.54) is 0 Å². The molecule has 2 aromatic carbocycles. The molecule has 4 rings (SSSR count).